The molecule has 0 aromatic rings. The lowest BCUT2D eigenvalue weighted by molar-refractivity contribution is -0.339. The number of aliphatic hydroxyl groups excluding tert-OH is 4. The number of carbonyl (C=O) groups excluding carboxylic acids is 1. The molecule has 0 spiro atoms. The predicted octanol–water partition coefficient (Wildman–Crippen LogP) is 1.27. The normalized spacial score (nSPS) is 36.5. The first-order chi connectivity index (χ1) is 19.8. The van der Waals surface area contributed by atoms with E-state index in [1.807, 2.05) is 27.7 Å². The highest BCUT2D eigenvalue weighted by molar-refractivity contribution is 5.73. The molecular weight excluding hydrogens is 552 g/mol. The molecule has 0 aromatic carbocycles. The van der Waals surface area contributed by atoms with E-state index in [-0.39, 0.29) is 11.8 Å². The molecule has 13 atom stereocenters. The lowest BCUT2D eigenvalue weighted by Gasteiger charge is -2.50. The Morgan fingerprint density at radius 1 is 1.02 bits per heavy atom. The number of aliphatic hydroxyl groups is 4. The van der Waals surface area contributed by atoms with Crippen molar-refractivity contribution in [1.29, 1.82) is 0 Å². The SMILES string of the molecule is CCCCC(CC)[C@H](C)C1OC(CO)[C@@H](O)C(O[C@@H]2OC(C(=O)O)[C@@H](O[C@](C)(CC)CCC)C(O)C2O)C1NC(N)=O. The van der Waals surface area contributed by atoms with Crippen LogP contribution in [0.1, 0.15) is 86.5 Å². The molecule has 2 saturated heterocycles. The van der Waals surface area contributed by atoms with Crippen molar-refractivity contribution < 1.29 is 54.1 Å². The van der Waals surface area contributed by atoms with Crippen LogP contribution in [0.2, 0.25) is 0 Å². The van der Waals surface area contributed by atoms with E-state index < -0.39 is 85.4 Å². The van der Waals surface area contributed by atoms with E-state index in [4.69, 9.17) is 24.7 Å². The molecule has 2 aliphatic rings. The van der Waals surface area contributed by atoms with Gasteiger partial charge in [0.2, 0.25) is 0 Å². The third-order valence-corrected chi connectivity index (χ3v) is 8.99. The number of nitrogens with two attached hydrogens (primary N) is 1. The van der Waals surface area contributed by atoms with Crippen LogP contribution in [0.15, 0.2) is 0 Å². The molecule has 8 N–H and O–H groups in total. The molecule has 13 nitrogen and oxygen atoms in total. The number of primary amides is 1. The summed E-state index contributed by atoms with van der Waals surface area (Å²) in [5.41, 5.74) is 4.73. The maximum atomic E-state index is 12.3. The van der Waals surface area contributed by atoms with Crippen molar-refractivity contribution in [3.63, 3.8) is 0 Å². The molecule has 2 fully saturated rings. The van der Waals surface area contributed by atoms with Crippen molar-refractivity contribution in [3.8, 4) is 0 Å². The molecule has 2 amide bonds. The van der Waals surface area contributed by atoms with Gasteiger partial charge < -0.3 is 55.5 Å². The summed E-state index contributed by atoms with van der Waals surface area (Å²) in [5, 5.41) is 55.9. The Morgan fingerprint density at radius 2 is 1.69 bits per heavy atom. The Bertz CT molecular complexity index is 850. The van der Waals surface area contributed by atoms with Crippen LogP contribution >= 0.6 is 0 Å². The molecule has 2 heterocycles. The van der Waals surface area contributed by atoms with E-state index in [0.717, 1.165) is 32.1 Å². The number of unbranched alkanes of at least 4 members (excludes halogenated alkanes) is 1. The summed E-state index contributed by atoms with van der Waals surface area (Å²) in [6, 6.07) is -1.97. The zero-order valence-corrected chi connectivity index (χ0v) is 25.8. The summed E-state index contributed by atoms with van der Waals surface area (Å²) < 4.78 is 23.9. The van der Waals surface area contributed by atoms with E-state index in [1.165, 1.54) is 0 Å². The number of hydrogen-bond donors (Lipinski definition) is 7. The van der Waals surface area contributed by atoms with Gasteiger partial charge in [0.05, 0.1) is 24.4 Å². The number of urea groups is 1. The van der Waals surface area contributed by atoms with Gasteiger partial charge in [0.25, 0.3) is 0 Å². The first-order valence-electron chi connectivity index (χ1n) is 15.4. The Kier molecular flexibility index (Phi) is 14.4. The van der Waals surface area contributed by atoms with Gasteiger partial charge >= 0.3 is 12.0 Å². The van der Waals surface area contributed by atoms with Crippen molar-refractivity contribution in [2.75, 3.05) is 6.61 Å². The van der Waals surface area contributed by atoms with Gasteiger partial charge in [0, 0.05) is 0 Å². The van der Waals surface area contributed by atoms with E-state index in [1.54, 1.807) is 6.92 Å². The van der Waals surface area contributed by atoms with Crippen LogP contribution < -0.4 is 11.1 Å². The minimum atomic E-state index is -1.77. The second-order valence-corrected chi connectivity index (χ2v) is 12.0. The topological polar surface area (TPSA) is 210 Å². The fraction of sp³-hybridized carbons (Fsp3) is 0.931. The van der Waals surface area contributed by atoms with Gasteiger partial charge in [-0.15, -0.1) is 0 Å². The monoisotopic (exact) mass is 606 g/mol. The molecule has 42 heavy (non-hydrogen) atoms. The zero-order chi connectivity index (χ0) is 31.8. The molecule has 0 radical (unpaired) electrons. The number of amides is 2. The van der Waals surface area contributed by atoms with Crippen LogP contribution in [0.5, 0.6) is 0 Å². The van der Waals surface area contributed by atoms with Gasteiger partial charge in [0.15, 0.2) is 12.4 Å². The van der Waals surface area contributed by atoms with Gasteiger partial charge in [-0.1, -0.05) is 66.7 Å². The van der Waals surface area contributed by atoms with E-state index >= 15 is 0 Å². The van der Waals surface area contributed by atoms with Crippen molar-refractivity contribution >= 4 is 12.0 Å². The second kappa shape index (κ2) is 16.5. The number of hydrogen-bond acceptors (Lipinski definition) is 10. The molecule has 2 rings (SSSR count). The van der Waals surface area contributed by atoms with E-state index in [9.17, 15) is 35.1 Å². The van der Waals surface area contributed by atoms with Crippen LogP contribution in [0.4, 0.5) is 4.79 Å². The van der Waals surface area contributed by atoms with Gasteiger partial charge in [-0.3, -0.25) is 0 Å². The van der Waals surface area contributed by atoms with Crippen LogP contribution in [0.3, 0.4) is 0 Å². The van der Waals surface area contributed by atoms with Crippen LogP contribution in [-0.4, -0.2) is 111 Å². The molecular formula is C29H54N2O11. The van der Waals surface area contributed by atoms with Gasteiger partial charge in [-0.05, 0) is 31.6 Å². The second-order valence-electron chi connectivity index (χ2n) is 12.0. The molecule has 0 bridgehead atoms. The summed E-state index contributed by atoms with van der Waals surface area (Å²) in [7, 11) is 0. The molecule has 13 heteroatoms. The third kappa shape index (κ3) is 8.75. The van der Waals surface area contributed by atoms with Crippen molar-refractivity contribution in [2.45, 2.75) is 153 Å². The van der Waals surface area contributed by atoms with Gasteiger partial charge in [-0.2, -0.15) is 0 Å². The van der Waals surface area contributed by atoms with Crippen molar-refractivity contribution in [1.82, 2.24) is 5.32 Å². The van der Waals surface area contributed by atoms with Crippen LogP contribution in [-0.2, 0) is 23.7 Å². The Hall–Kier alpha value is -1.58. The lowest BCUT2D eigenvalue weighted by atomic mass is 9.77. The maximum absolute atomic E-state index is 12.3. The van der Waals surface area contributed by atoms with Crippen LogP contribution in [0.25, 0.3) is 0 Å². The smallest absolute Gasteiger partial charge is 0.335 e. The number of nitrogens with one attached hydrogen (secondary N) is 1. The highest BCUT2D eigenvalue weighted by Crippen LogP contribution is 2.37. The number of carboxylic acid groups (broad SMARTS) is 1. The Morgan fingerprint density at radius 3 is 2.19 bits per heavy atom. The zero-order valence-electron chi connectivity index (χ0n) is 25.8. The highest BCUT2D eigenvalue weighted by atomic mass is 16.7. The molecule has 0 saturated carbocycles. The number of rotatable bonds is 16. The maximum Gasteiger partial charge on any atom is 0.335 e. The first kappa shape index (κ1) is 36.6. The first-order valence-corrected chi connectivity index (χ1v) is 15.4. The average Bonchev–Trinajstić information content (AvgIpc) is 2.94. The summed E-state index contributed by atoms with van der Waals surface area (Å²) in [6.07, 6.45) is -7.54. The van der Waals surface area contributed by atoms with Gasteiger partial charge in [0.1, 0.15) is 36.6 Å². The molecule has 8 unspecified atom stereocenters. The van der Waals surface area contributed by atoms with Crippen LogP contribution in [0, 0.1) is 11.8 Å². The van der Waals surface area contributed by atoms with Crippen molar-refractivity contribution in [2.24, 2.45) is 17.6 Å². The summed E-state index contributed by atoms with van der Waals surface area (Å²) in [4.78, 5) is 24.4. The largest absolute Gasteiger partial charge is 0.479 e. The summed E-state index contributed by atoms with van der Waals surface area (Å²) >= 11 is 0. The fourth-order valence-corrected chi connectivity index (χ4v) is 6.26. The van der Waals surface area contributed by atoms with Gasteiger partial charge in [-0.25, -0.2) is 9.59 Å². The Balaban J connectivity index is 2.42. The molecule has 2 aliphatic heterocycles. The average molecular weight is 607 g/mol. The lowest BCUT2D eigenvalue weighted by Crippen LogP contribution is -2.69. The molecule has 0 aliphatic carbocycles. The van der Waals surface area contributed by atoms with E-state index in [0.29, 0.717) is 12.8 Å². The summed E-state index contributed by atoms with van der Waals surface area (Å²) in [6.45, 7) is 11.1. The number of aliphatic carboxylic acids is 1. The number of carboxylic acids is 1. The predicted molar refractivity (Wildman–Crippen MR) is 152 cm³/mol. The highest BCUT2D eigenvalue weighted by Gasteiger charge is 2.55. The molecule has 0 aromatic heterocycles. The minimum Gasteiger partial charge on any atom is -0.479 e. The van der Waals surface area contributed by atoms with E-state index in [2.05, 4.69) is 12.2 Å². The quantitative estimate of drug-likeness (QED) is 0.133. The Labute approximate surface area is 249 Å². The minimum absolute atomic E-state index is 0.172. The molecule has 246 valence electrons. The standard InChI is InChI=1S/C29H54N2O11/c1-7-11-12-16(9-3)15(5)22-18(31-28(30)38)23(19(33)17(14-32)39-22)40-27-21(35)20(34)24(25(41-27)26(36)37)42-29(6,10-4)13-8-2/h15-25,27,32-35H,7-14H2,1-6H3,(H,36,37)(H3,30,31,38)/t15-,16?,17?,18?,19+,20?,21?,22?,23?,24-,25?,27+,29+/m0/s1. The number of carbonyl (C=O) groups is 2. The summed E-state index contributed by atoms with van der Waals surface area (Å²) in [5.74, 6) is -1.44. The third-order valence-electron chi connectivity index (χ3n) is 8.99. The fourth-order valence-electron chi connectivity index (χ4n) is 6.26. The van der Waals surface area contributed by atoms with Crippen molar-refractivity contribution in [3.05, 3.63) is 0 Å². The number of ether oxygens (including phenoxy) is 4.